The van der Waals surface area contributed by atoms with E-state index < -0.39 is 5.60 Å². The van der Waals surface area contributed by atoms with Crippen LogP contribution in [0.25, 0.3) is 0 Å². The molecule has 2 aliphatic rings. The van der Waals surface area contributed by atoms with Gasteiger partial charge in [0.05, 0.1) is 65.7 Å². The summed E-state index contributed by atoms with van der Waals surface area (Å²) in [6.45, 7) is 4.53. The van der Waals surface area contributed by atoms with Gasteiger partial charge >= 0.3 is 6.03 Å². The molecule has 0 fully saturated rings. The van der Waals surface area contributed by atoms with Crippen molar-refractivity contribution in [3.8, 4) is 0 Å². The fourth-order valence-electron chi connectivity index (χ4n) is 4.82. The van der Waals surface area contributed by atoms with Crippen LogP contribution in [0.2, 0.25) is 0 Å². The molecule has 1 unspecified atom stereocenters. The fraction of sp³-hybridized carbons (Fsp3) is 0.630. The number of anilines is 1. The molecule has 0 radical (unpaired) electrons. The third kappa shape index (κ3) is 8.86. The maximum absolute atomic E-state index is 12.8. The SMILES string of the molecule is CC(O)(COCCOCCOCCOCCO)c1ncc(SNC(=O)Nc2c3c(cc4c2CCC4)CCC3)s1. The van der Waals surface area contributed by atoms with Gasteiger partial charge in [-0.1, -0.05) is 6.07 Å². The molecule has 1 heterocycles. The normalized spacial score (nSPS) is 15.7. The van der Waals surface area contributed by atoms with Gasteiger partial charge in [0.15, 0.2) is 0 Å². The number of ether oxygens (including phenoxy) is 4. The smallest absolute Gasteiger partial charge is 0.329 e. The molecule has 0 spiro atoms. The third-order valence-electron chi connectivity index (χ3n) is 6.64. The van der Waals surface area contributed by atoms with Crippen LogP contribution in [0, 0.1) is 0 Å². The van der Waals surface area contributed by atoms with E-state index in [2.05, 4.69) is 21.1 Å². The second-order valence-corrected chi connectivity index (χ2v) is 11.9. The number of benzene rings is 1. The standard InChI is InChI=1S/C27H39N3O7S2/c1-27(33,18-37-15-14-36-13-12-35-11-10-34-9-8-31)25-28-17-23(38-25)39-30-26(32)29-24-21-6-2-4-19(21)16-20-5-3-7-22(20)24/h16-17,31,33H,2-15,18H2,1H3,(H2,29,30,32). The zero-order chi connectivity index (χ0) is 27.5. The summed E-state index contributed by atoms with van der Waals surface area (Å²) in [5.41, 5.74) is 5.12. The number of aromatic nitrogens is 1. The third-order valence-corrected chi connectivity index (χ3v) is 8.78. The van der Waals surface area contributed by atoms with Crippen LogP contribution in [-0.4, -0.2) is 80.7 Å². The van der Waals surface area contributed by atoms with Crippen molar-refractivity contribution in [1.29, 1.82) is 0 Å². The van der Waals surface area contributed by atoms with E-state index in [-0.39, 0.29) is 19.2 Å². The van der Waals surface area contributed by atoms with Gasteiger partial charge in [0.25, 0.3) is 0 Å². The Morgan fingerprint density at radius 3 is 2.18 bits per heavy atom. The molecule has 10 nitrogen and oxygen atoms in total. The number of aliphatic hydroxyl groups is 2. The van der Waals surface area contributed by atoms with Crippen LogP contribution in [0.15, 0.2) is 16.5 Å². The lowest BCUT2D eigenvalue weighted by Gasteiger charge is -2.20. The van der Waals surface area contributed by atoms with Crippen LogP contribution in [0.5, 0.6) is 0 Å². The number of thiazole rings is 1. The lowest BCUT2D eigenvalue weighted by molar-refractivity contribution is -0.0561. The van der Waals surface area contributed by atoms with Crippen molar-refractivity contribution >= 4 is 35.0 Å². The number of nitrogens with zero attached hydrogens (tertiary/aromatic N) is 1. The van der Waals surface area contributed by atoms with Gasteiger partial charge in [0.1, 0.15) is 14.8 Å². The second-order valence-electron chi connectivity index (χ2n) is 9.76. The van der Waals surface area contributed by atoms with E-state index in [1.54, 1.807) is 13.1 Å². The minimum absolute atomic E-state index is 0.00618. The number of carbonyl (C=O) groups is 1. The molecule has 12 heteroatoms. The average molecular weight is 582 g/mol. The highest BCUT2D eigenvalue weighted by Crippen LogP contribution is 2.38. The molecule has 2 aliphatic carbocycles. The van der Waals surface area contributed by atoms with E-state index in [1.165, 1.54) is 45.5 Å². The molecule has 2 amide bonds. The molecule has 1 atom stereocenters. The van der Waals surface area contributed by atoms with Crippen LogP contribution in [0.4, 0.5) is 10.5 Å². The Kier molecular flexibility index (Phi) is 11.8. The number of aryl methyl sites for hydroxylation is 2. The number of carbonyl (C=O) groups excluding carboxylic acids is 1. The van der Waals surface area contributed by atoms with E-state index in [4.69, 9.17) is 24.1 Å². The molecule has 0 saturated heterocycles. The Balaban J connectivity index is 1.13. The average Bonchev–Trinajstić information content (AvgIpc) is 3.69. The summed E-state index contributed by atoms with van der Waals surface area (Å²) in [5, 5.41) is 23.1. The van der Waals surface area contributed by atoms with Crippen molar-refractivity contribution in [2.75, 3.05) is 64.8 Å². The predicted molar refractivity (Wildman–Crippen MR) is 151 cm³/mol. The lowest BCUT2D eigenvalue weighted by atomic mass is 9.99. The summed E-state index contributed by atoms with van der Waals surface area (Å²) < 4.78 is 25.1. The first kappa shape index (κ1) is 30.2. The van der Waals surface area contributed by atoms with Crippen LogP contribution in [-0.2, 0) is 50.2 Å². The molecule has 4 N–H and O–H groups in total. The summed E-state index contributed by atoms with van der Waals surface area (Å²) >= 11 is 2.51. The Labute approximate surface area is 237 Å². The Morgan fingerprint density at radius 2 is 1.56 bits per heavy atom. The van der Waals surface area contributed by atoms with Gasteiger partial charge in [-0.15, -0.1) is 11.3 Å². The van der Waals surface area contributed by atoms with Crippen molar-refractivity contribution in [3.05, 3.63) is 39.5 Å². The van der Waals surface area contributed by atoms with Gasteiger partial charge < -0.3 is 34.5 Å². The molecule has 0 bridgehead atoms. The summed E-state index contributed by atoms with van der Waals surface area (Å²) in [6, 6.07) is 2.10. The molecule has 1 aromatic heterocycles. The van der Waals surface area contributed by atoms with E-state index in [9.17, 15) is 9.90 Å². The van der Waals surface area contributed by atoms with Gasteiger partial charge in [0.2, 0.25) is 0 Å². The topological polar surface area (TPSA) is 131 Å². The largest absolute Gasteiger partial charge is 0.394 e. The van der Waals surface area contributed by atoms with Gasteiger partial charge in [-0.2, -0.15) is 0 Å². The van der Waals surface area contributed by atoms with Crippen LogP contribution in [0.1, 0.15) is 47.0 Å². The Hall–Kier alpha value is -1.77. The Morgan fingerprint density at radius 1 is 0.974 bits per heavy atom. The predicted octanol–water partition coefficient (Wildman–Crippen LogP) is 3.22. The van der Waals surface area contributed by atoms with Crippen LogP contribution < -0.4 is 10.0 Å². The van der Waals surface area contributed by atoms with Crippen LogP contribution in [0.3, 0.4) is 0 Å². The highest BCUT2D eigenvalue weighted by atomic mass is 32.2. The zero-order valence-corrected chi connectivity index (χ0v) is 24.1. The quantitative estimate of drug-likeness (QED) is 0.164. The van der Waals surface area contributed by atoms with E-state index in [0.717, 1.165) is 48.4 Å². The zero-order valence-electron chi connectivity index (χ0n) is 22.5. The van der Waals surface area contributed by atoms with E-state index >= 15 is 0 Å². The number of fused-ring (bicyclic) bond motifs is 2. The van der Waals surface area contributed by atoms with Crippen LogP contribution >= 0.6 is 23.3 Å². The molecule has 4 rings (SSSR count). The number of amides is 2. The molecule has 216 valence electrons. The number of hydrogen-bond acceptors (Lipinski definition) is 10. The number of aliphatic hydroxyl groups excluding tert-OH is 1. The van der Waals surface area contributed by atoms with Gasteiger partial charge in [-0.05, 0) is 67.7 Å². The van der Waals surface area contributed by atoms with Gasteiger partial charge in [0, 0.05) is 17.6 Å². The maximum Gasteiger partial charge on any atom is 0.329 e. The number of rotatable bonds is 17. The van der Waals surface area contributed by atoms with Crippen molar-refractivity contribution in [1.82, 2.24) is 9.71 Å². The van der Waals surface area contributed by atoms with E-state index in [0.29, 0.717) is 51.3 Å². The molecular weight excluding hydrogens is 542 g/mol. The van der Waals surface area contributed by atoms with Crippen molar-refractivity contribution in [2.24, 2.45) is 0 Å². The first-order valence-electron chi connectivity index (χ1n) is 13.5. The van der Waals surface area contributed by atoms with Gasteiger partial charge in [-0.25, -0.2) is 9.78 Å². The lowest BCUT2D eigenvalue weighted by Crippen LogP contribution is -2.28. The minimum atomic E-state index is -1.26. The van der Waals surface area contributed by atoms with Crippen molar-refractivity contribution in [3.63, 3.8) is 0 Å². The van der Waals surface area contributed by atoms with Gasteiger partial charge in [-0.3, -0.25) is 4.72 Å². The highest BCUT2D eigenvalue weighted by molar-refractivity contribution is 7.99. The highest BCUT2D eigenvalue weighted by Gasteiger charge is 2.28. The molecule has 1 aromatic carbocycles. The summed E-state index contributed by atoms with van der Waals surface area (Å²) in [4.78, 5) is 17.1. The summed E-state index contributed by atoms with van der Waals surface area (Å²) in [5.74, 6) is 0. The monoisotopic (exact) mass is 581 g/mol. The minimum Gasteiger partial charge on any atom is -0.394 e. The Bertz CT molecular complexity index is 1050. The summed E-state index contributed by atoms with van der Waals surface area (Å²) in [6.07, 6.45) is 8.14. The molecule has 2 aromatic rings. The van der Waals surface area contributed by atoms with Crippen molar-refractivity contribution < 1.29 is 34.0 Å². The number of hydrogen-bond donors (Lipinski definition) is 4. The fourth-order valence-corrected chi connectivity index (χ4v) is 6.37. The first-order chi connectivity index (χ1) is 19.0. The van der Waals surface area contributed by atoms with E-state index in [1.807, 2.05) is 0 Å². The molecule has 39 heavy (non-hydrogen) atoms. The number of urea groups is 1. The summed E-state index contributed by atoms with van der Waals surface area (Å²) in [7, 11) is 0. The maximum atomic E-state index is 12.8. The van der Waals surface area contributed by atoms with Crippen molar-refractivity contribution in [2.45, 2.75) is 55.3 Å². The molecular formula is C27H39N3O7S2. The second kappa shape index (κ2) is 15.3. The first-order valence-corrected chi connectivity index (χ1v) is 15.1. The molecule has 0 aliphatic heterocycles. The number of nitrogens with one attached hydrogen (secondary N) is 2. The molecule has 0 saturated carbocycles.